The van der Waals surface area contributed by atoms with E-state index in [0.717, 1.165) is 12.8 Å². The summed E-state index contributed by atoms with van der Waals surface area (Å²) in [5.41, 5.74) is 0.748. The first-order valence-corrected chi connectivity index (χ1v) is 13.1. The molecule has 0 atom stereocenters. The number of amides is 1. The number of nitrogens with zero attached hydrogens (tertiary/aromatic N) is 2. The van der Waals surface area contributed by atoms with Crippen molar-refractivity contribution in [2.75, 3.05) is 31.5 Å². The van der Waals surface area contributed by atoms with Gasteiger partial charge in [0.15, 0.2) is 0 Å². The second kappa shape index (κ2) is 9.47. The summed E-state index contributed by atoms with van der Waals surface area (Å²) < 4.78 is 53.1. The molecule has 1 amide bonds. The van der Waals surface area contributed by atoms with E-state index in [4.69, 9.17) is 0 Å². The Hall–Kier alpha value is -2.27. The topological polar surface area (TPSA) is 104 Å². The van der Waals surface area contributed by atoms with Gasteiger partial charge >= 0.3 is 0 Å². The molecule has 31 heavy (non-hydrogen) atoms. The summed E-state index contributed by atoms with van der Waals surface area (Å²) in [7, 11) is -7.09. The molecular formula is C21H27N3O5S2. The molecule has 10 heteroatoms. The SMILES string of the molecule is CCN(CC)S(=O)(=O)c1ccc(NC(=O)c2ccc(S(=O)(=O)N3CCCC3)cc2)cc1. The molecule has 1 fully saturated rings. The second-order valence-electron chi connectivity index (χ2n) is 7.20. The van der Waals surface area contributed by atoms with Crippen LogP contribution in [-0.2, 0) is 20.0 Å². The lowest BCUT2D eigenvalue weighted by atomic mass is 10.2. The smallest absolute Gasteiger partial charge is 0.255 e. The quantitative estimate of drug-likeness (QED) is 0.646. The van der Waals surface area contributed by atoms with Gasteiger partial charge in [-0.2, -0.15) is 8.61 Å². The third-order valence-electron chi connectivity index (χ3n) is 5.27. The number of sulfonamides is 2. The number of hydrogen-bond acceptors (Lipinski definition) is 5. The molecule has 8 nitrogen and oxygen atoms in total. The fourth-order valence-electron chi connectivity index (χ4n) is 3.48. The number of benzene rings is 2. The van der Waals surface area contributed by atoms with E-state index >= 15 is 0 Å². The van der Waals surface area contributed by atoms with Crippen molar-refractivity contribution >= 4 is 31.6 Å². The first-order chi connectivity index (χ1) is 14.7. The average molecular weight is 466 g/mol. The fraction of sp³-hybridized carbons (Fsp3) is 0.381. The third kappa shape index (κ3) is 4.98. The van der Waals surface area contributed by atoms with Gasteiger partial charge in [-0.3, -0.25) is 4.79 Å². The maximum Gasteiger partial charge on any atom is 0.255 e. The van der Waals surface area contributed by atoms with Crippen LogP contribution < -0.4 is 5.32 Å². The number of hydrogen-bond donors (Lipinski definition) is 1. The number of rotatable bonds is 8. The predicted octanol–water partition coefficient (Wildman–Crippen LogP) is 2.75. The first kappa shape index (κ1) is 23.4. The van der Waals surface area contributed by atoms with Crippen molar-refractivity contribution in [1.29, 1.82) is 0 Å². The normalized spacial score (nSPS) is 15.3. The molecule has 0 aliphatic carbocycles. The van der Waals surface area contributed by atoms with E-state index in [9.17, 15) is 21.6 Å². The molecule has 0 radical (unpaired) electrons. The molecule has 2 aromatic carbocycles. The number of carbonyl (C=O) groups excluding carboxylic acids is 1. The fourth-order valence-corrected chi connectivity index (χ4v) is 6.46. The van der Waals surface area contributed by atoms with Crippen LogP contribution in [0.25, 0.3) is 0 Å². The van der Waals surface area contributed by atoms with Gasteiger partial charge in [-0.1, -0.05) is 13.8 Å². The van der Waals surface area contributed by atoms with Gasteiger partial charge in [-0.05, 0) is 61.4 Å². The maximum absolute atomic E-state index is 12.6. The van der Waals surface area contributed by atoms with Gasteiger partial charge in [0, 0.05) is 37.4 Å². The second-order valence-corrected chi connectivity index (χ2v) is 11.1. The van der Waals surface area contributed by atoms with Crippen molar-refractivity contribution in [3.05, 3.63) is 54.1 Å². The number of carbonyl (C=O) groups is 1. The molecule has 1 N–H and O–H groups in total. The van der Waals surface area contributed by atoms with Gasteiger partial charge in [0.1, 0.15) is 0 Å². The van der Waals surface area contributed by atoms with Crippen molar-refractivity contribution in [2.45, 2.75) is 36.5 Å². The zero-order valence-electron chi connectivity index (χ0n) is 17.6. The van der Waals surface area contributed by atoms with E-state index in [1.54, 1.807) is 13.8 Å². The minimum absolute atomic E-state index is 0.158. The largest absolute Gasteiger partial charge is 0.322 e. The summed E-state index contributed by atoms with van der Waals surface area (Å²) in [6.07, 6.45) is 1.71. The van der Waals surface area contributed by atoms with Crippen LogP contribution in [0.3, 0.4) is 0 Å². The third-order valence-corrected chi connectivity index (χ3v) is 9.25. The molecule has 0 unspecified atom stereocenters. The minimum Gasteiger partial charge on any atom is -0.322 e. The van der Waals surface area contributed by atoms with Crippen LogP contribution in [0.2, 0.25) is 0 Å². The molecule has 0 bridgehead atoms. The molecule has 1 aliphatic rings. The zero-order valence-corrected chi connectivity index (χ0v) is 19.2. The van der Waals surface area contributed by atoms with E-state index < -0.39 is 26.0 Å². The molecule has 3 rings (SSSR count). The Morgan fingerprint density at radius 1 is 0.871 bits per heavy atom. The molecule has 0 spiro atoms. The lowest BCUT2D eigenvalue weighted by Crippen LogP contribution is -2.30. The van der Waals surface area contributed by atoms with Crippen LogP contribution in [0.5, 0.6) is 0 Å². The minimum atomic E-state index is -3.56. The standard InChI is InChI=1S/C21H27N3O5S2/c1-3-23(4-2)30(26,27)20-13-9-18(10-14-20)22-21(25)17-7-11-19(12-8-17)31(28,29)24-15-5-6-16-24/h7-14H,3-6,15-16H2,1-2H3,(H,22,25). The summed E-state index contributed by atoms with van der Waals surface area (Å²) in [6, 6.07) is 11.8. The lowest BCUT2D eigenvalue weighted by Gasteiger charge is -2.18. The van der Waals surface area contributed by atoms with Gasteiger partial charge in [0.2, 0.25) is 20.0 Å². The van der Waals surface area contributed by atoms with Crippen molar-refractivity contribution in [1.82, 2.24) is 8.61 Å². The number of anilines is 1. The first-order valence-electron chi connectivity index (χ1n) is 10.2. The monoisotopic (exact) mass is 465 g/mol. The van der Waals surface area contributed by atoms with Crippen molar-refractivity contribution < 1.29 is 21.6 Å². The van der Waals surface area contributed by atoms with Crippen LogP contribution in [0.4, 0.5) is 5.69 Å². The van der Waals surface area contributed by atoms with E-state index in [2.05, 4.69) is 5.32 Å². The van der Waals surface area contributed by atoms with Gasteiger partial charge in [0.25, 0.3) is 5.91 Å². The Morgan fingerprint density at radius 2 is 1.39 bits per heavy atom. The Morgan fingerprint density at radius 3 is 1.90 bits per heavy atom. The highest BCUT2D eigenvalue weighted by atomic mass is 32.2. The Balaban J connectivity index is 1.70. The summed E-state index contributed by atoms with van der Waals surface area (Å²) in [5, 5.41) is 2.70. The summed E-state index contributed by atoms with van der Waals surface area (Å²) in [6.45, 7) is 5.34. The molecule has 2 aromatic rings. The lowest BCUT2D eigenvalue weighted by molar-refractivity contribution is 0.102. The Bertz CT molecular complexity index is 1120. The average Bonchev–Trinajstić information content (AvgIpc) is 3.31. The summed E-state index contributed by atoms with van der Waals surface area (Å²) in [5.74, 6) is -0.413. The van der Waals surface area contributed by atoms with Crippen LogP contribution >= 0.6 is 0 Å². The van der Waals surface area contributed by atoms with Gasteiger partial charge < -0.3 is 5.32 Å². The number of nitrogens with one attached hydrogen (secondary N) is 1. The van der Waals surface area contributed by atoms with Crippen LogP contribution in [0.15, 0.2) is 58.3 Å². The maximum atomic E-state index is 12.6. The highest BCUT2D eigenvalue weighted by Crippen LogP contribution is 2.22. The van der Waals surface area contributed by atoms with E-state index in [-0.39, 0.29) is 9.79 Å². The van der Waals surface area contributed by atoms with Crippen LogP contribution in [0, 0.1) is 0 Å². The zero-order chi connectivity index (χ0) is 22.6. The highest BCUT2D eigenvalue weighted by Gasteiger charge is 2.27. The molecule has 168 valence electrons. The molecule has 1 aliphatic heterocycles. The van der Waals surface area contributed by atoms with E-state index in [1.165, 1.54) is 57.1 Å². The van der Waals surface area contributed by atoms with Crippen molar-refractivity contribution in [3.63, 3.8) is 0 Å². The van der Waals surface area contributed by atoms with Gasteiger partial charge in [0.05, 0.1) is 9.79 Å². The van der Waals surface area contributed by atoms with Crippen LogP contribution in [-0.4, -0.2) is 57.5 Å². The van der Waals surface area contributed by atoms with Gasteiger partial charge in [-0.15, -0.1) is 0 Å². The molecule has 0 saturated carbocycles. The summed E-state index contributed by atoms with van der Waals surface area (Å²) >= 11 is 0. The molecule has 0 aromatic heterocycles. The van der Waals surface area contributed by atoms with Crippen molar-refractivity contribution in [3.8, 4) is 0 Å². The summed E-state index contributed by atoms with van der Waals surface area (Å²) in [4.78, 5) is 12.8. The molecular weight excluding hydrogens is 438 g/mol. The van der Waals surface area contributed by atoms with Crippen LogP contribution in [0.1, 0.15) is 37.0 Å². The Labute approximate surface area is 184 Å². The molecule has 1 heterocycles. The van der Waals surface area contributed by atoms with E-state index in [0.29, 0.717) is 37.4 Å². The highest BCUT2D eigenvalue weighted by molar-refractivity contribution is 7.89. The van der Waals surface area contributed by atoms with Gasteiger partial charge in [-0.25, -0.2) is 16.8 Å². The molecule has 1 saturated heterocycles. The predicted molar refractivity (Wildman–Crippen MR) is 119 cm³/mol. The van der Waals surface area contributed by atoms with E-state index in [1.807, 2.05) is 0 Å². The Kier molecular flexibility index (Phi) is 7.15. The van der Waals surface area contributed by atoms with Crippen molar-refractivity contribution in [2.24, 2.45) is 0 Å².